The highest BCUT2D eigenvalue weighted by molar-refractivity contribution is 5.94. The van der Waals surface area contributed by atoms with Gasteiger partial charge in [-0.3, -0.25) is 9.59 Å². The summed E-state index contributed by atoms with van der Waals surface area (Å²) in [5.41, 5.74) is 1.57. The van der Waals surface area contributed by atoms with Crippen LogP contribution in [-0.4, -0.2) is 30.0 Å². The molecule has 2 N–H and O–H groups in total. The maximum atomic E-state index is 12.0. The summed E-state index contributed by atoms with van der Waals surface area (Å²) in [7, 11) is 0. The number of nitrogens with zero attached hydrogens (tertiary/aromatic N) is 1. The van der Waals surface area contributed by atoms with Gasteiger partial charge in [0, 0.05) is 36.5 Å². The van der Waals surface area contributed by atoms with Crippen molar-refractivity contribution in [2.45, 2.75) is 26.3 Å². The lowest BCUT2D eigenvalue weighted by atomic mass is 10.2. The van der Waals surface area contributed by atoms with Crippen molar-refractivity contribution >= 4 is 17.5 Å². The fourth-order valence-corrected chi connectivity index (χ4v) is 2.44. The molecule has 1 saturated carbocycles. The van der Waals surface area contributed by atoms with Gasteiger partial charge in [0.25, 0.3) is 5.91 Å². The Labute approximate surface area is 158 Å². The zero-order valence-electron chi connectivity index (χ0n) is 15.2. The van der Waals surface area contributed by atoms with Crippen molar-refractivity contribution < 1.29 is 19.1 Å². The molecule has 7 heteroatoms. The van der Waals surface area contributed by atoms with Gasteiger partial charge in [0.2, 0.25) is 11.8 Å². The van der Waals surface area contributed by atoms with E-state index in [4.69, 9.17) is 9.47 Å². The first-order chi connectivity index (χ1) is 13.1. The van der Waals surface area contributed by atoms with Crippen LogP contribution in [0.1, 0.15) is 25.3 Å². The van der Waals surface area contributed by atoms with E-state index >= 15 is 0 Å². The van der Waals surface area contributed by atoms with Gasteiger partial charge in [0.1, 0.15) is 5.75 Å². The van der Waals surface area contributed by atoms with Gasteiger partial charge in [-0.2, -0.15) is 0 Å². The van der Waals surface area contributed by atoms with Crippen LogP contribution in [0, 0.1) is 5.92 Å². The van der Waals surface area contributed by atoms with Crippen LogP contribution in [0.3, 0.4) is 0 Å². The number of hydrogen-bond acceptors (Lipinski definition) is 5. The zero-order valence-corrected chi connectivity index (χ0v) is 15.2. The van der Waals surface area contributed by atoms with Crippen molar-refractivity contribution in [1.29, 1.82) is 0 Å². The Morgan fingerprint density at radius 1 is 1.19 bits per heavy atom. The maximum absolute atomic E-state index is 12.0. The van der Waals surface area contributed by atoms with Crippen LogP contribution in [0.25, 0.3) is 0 Å². The fraction of sp³-hybridized carbons (Fsp3) is 0.350. The highest BCUT2D eigenvalue weighted by atomic mass is 16.5. The van der Waals surface area contributed by atoms with E-state index in [1.54, 1.807) is 36.5 Å². The third kappa shape index (κ3) is 5.99. The molecule has 1 aromatic carbocycles. The number of aromatic nitrogens is 1. The molecule has 0 atom stereocenters. The monoisotopic (exact) mass is 369 g/mol. The van der Waals surface area contributed by atoms with Crippen molar-refractivity contribution in [2.75, 3.05) is 18.5 Å². The number of pyridine rings is 1. The number of carbonyl (C=O) groups is 2. The quantitative estimate of drug-likeness (QED) is 0.709. The van der Waals surface area contributed by atoms with E-state index < -0.39 is 0 Å². The second kappa shape index (κ2) is 9.02. The summed E-state index contributed by atoms with van der Waals surface area (Å²) in [5, 5.41) is 5.65. The summed E-state index contributed by atoms with van der Waals surface area (Å²) < 4.78 is 10.9. The molecular weight excluding hydrogens is 346 g/mol. The zero-order chi connectivity index (χ0) is 19.1. The molecule has 0 radical (unpaired) electrons. The molecule has 1 aliphatic rings. The molecule has 0 bridgehead atoms. The SMILES string of the molecule is CCOc1cc(CNC(=O)COc2cccc(NC(=O)C3CC3)c2)ccn1. The molecule has 0 spiro atoms. The highest BCUT2D eigenvalue weighted by Crippen LogP contribution is 2.30. The van der Waals surface area contributed by atoms with Crippen molar-refractivity contribution in [3.05, 3.63) is 48.2 Å². The topological polar surface area (TPSA) is 89.5 Å². The Kier molecular flexibility index (Phi) is 6.25. The van der Waals surface area contributed by atoms with Crippen LogP contribution in [0.2, 0.25) is 0 Å². The molecule has 7 nitrogen and oxygen atoms in total. The lowest BCUT2D eigenvalue weighted by Gasteiger charge is -2.10. The molecule has 0 aliphatic heterocycles. The Balaban J connectivity index is 1.44. The molecule has 1 aliphatic carbocycles. The fourth-order valence-electron chi connectivity index (χ4n) is 2.44. The first-order valence-corrected chi connectivity index (χ1v) is 9.02. The average molecular weight is 369 g/mol. The lowest BCUT2D eigenvalue weighted by molar-refractivity contribution is -0.123. The maximum Gasteiger partial charge on any atom is 0.258 e. The molecule has 2 aromatic rings. The van der Waals surface area contributed by atoms with E-state index in [9.17, 15) is 9.59 Å². The average Bonchev–Trinajstić information content (AvgIpc) is 3.51. The normalized spacial score (nSPS) is 12.9. The van der Waals surface area contributed by atoms with Gasteiger partial charge < -0.3 is 20.1 Å². The van der Waals surface area contributed by atoms with E-state index in [1.165, 1.54) is 0 Å². The minimum absolute atomic E-state index is 0.0358. The number of anilines is 1. The van der Waals surface area contributed by atoms with Gasteiger partial charge in [-0.1, -0.05) is 6.07 Å². The van der Waals surface area contributed by atoms with E-state index in [2.05, 4.69) is 15.6 Å². The number of ether oxygens (including phenoxy) is 2. The van der Waals surface area contributed by atoms with Crippen molar-refractivity contribution in [2.24, 2.45) is 5.92 Å². The number of nitrogens with one attached hydrogen (secondary N) is 2. The third-order valence-corrected chi connectivity index (χ3v) is 4.00. The molecule has 0 unspecified atom stereocenters. The van der Waals surface area contributed by atoms with Crippen LogP contribution >= 0.6 is 0 Å². The Morgan fingerprint density at radius 3 is 2.81 bits per heavy atom. The van der Waals surface area contributed by atoms with Gasteiger partial charge in [-0.25, -0.2) is 4.98 Å². The summed E-state index contributed by atoms with van der Waals surface area (Å²) >= 11 is 0. The minimum atomic E-state index is -0.239. The number of rotatable bonds is 9. The first-order valence-electron chi connectivity index (χ1n) is 9.02. The van der Waals surface area contributed by atoms with Crippen LogP contribution in [0.4, 0.5) is 5.69 Å². The Bertz CT molecular complexity index is 805. The first kappa shape index (κ1) is 18.7. The molecule has 2 amide bonds. The van der Waals surface area contributed by atoms with E-state index in [0.717, 1.165) is 18.4 Å². The van der Waals surface area contributed by atoms with Crippen molar-refractivity contribution in [3.8, 4) is 11.6 Å². The molecule has 1 aromatic heterocycles. The standard InChI is InChI=1S/C20H23N3O4/c1-2-26-19-10-14(8-9-21-19)12-22-18(24)13-27-17-5-3-4-16(11-17)23-20(25)15-6-7-15/h3-5,8-11,15H,2,6-7,12-13H2,1H3,(H,22,24)(H,23,25). The number of carbonyl (C=O) groups excluding carboxylic acids is 2. The van der Waals surface area contributed by atoms with Crippen molar-refractivity contribution in [3.63, 3.8) is 0 Å². The Hall–Kier alpha value is -3.09. The smallest absolute Gasteiger partial charge is 0.258 e. The predicted octanol–water partition coefficient (Wildman–Crippen LogP) is 2.52. The second-order valence-electron chi connectivity index (χ2n) is 6.29. The van der Waals surface area contributed by atoms with Crippen LogP contribution in [0.5, 0.6) is 11.6 Å². The number of amides is 2. The number of benzene rings is 1. The summed E-state index contributed by atoms with van der Waals surface area (Å²) in [6, 6.07) is 10.6. The van der Waals surface area contributed by atoms with Gasteiger partial charge in [0.15, 0.2) is 6.61 Å². The predicted molar refractivity (Wildman–Crippen MR) is 101 cm³/mol. The summed E-state index contributed by atoms with van der Waals surface area (Å²) in [4.78, 5) is 27.9. The molecule has 3 rings (SSSR count). The largest absolute Gasteiger partial charge is 0.484 e. The third-order valence-electron chi connectivity index (χ3n) is 4.00. The van der Waals surface area contributed by atoms with E-state index in [-0.39, 0.29) is 24.3 Å². The molecule has 0 saturated heterocycles. The second-order valence-corrected chi connectivity index (χ2v) is 6.29. The van der Waals surface area contributed by atoms with E-state index in [0.29, 0.717) is 30.5 Å². The molecular formula is C20H23N3O4. The van der Waals surface area contributed by atoms with Crippen molar-refractivity contribution in [1.82, 2.24) is 10.3 Å². The van der Waals surface area contributed by atoms with Gasteiger partial charge >= 0.3 is 0 Å². The van der Waals surface area contributed by atoms with Gasteiger partial charge in [0.05, 0.1) is 6.61 Å². The van der Waals surface area contributed by atoms with Gasteiger partial charge in [-0.15, -0.1) is 0 Å². The molecule has 1 heterocycles. The van der Waals surface area contributed by atoms with Crippen LogP contribution < -0.4 is 20.1 Å². The van der Waals surface area contributed by atoms with Crippen LogP contribution in [0.15, 0.2) is 42.6 Å². The van der Waals surface area contributed by atoms with Gasteiger partial charge in [-0.05, 0) is 43.5 Å². The molecule has 27 heavy (non-hydrogen) atoms. The number of hydrogen-bond donors (Lipinski definition) is 2. The van der Waals surface area contributed by atoms with E-state index in [1.807, 2.05) is 13.0 Å². The summed E-state index contributed by atoms with van der Waals surface area (Å²) in [5.74, 6) is 0.995. The summed E-state index contributed by atoms with van der Waals surface area (Å²) in [6.45, 7) is 2.68. The van der Waals surface area contributed by atoms with Crippen LogP contribution in [-0.2, 0) is 16.1 Å². The highest BCUT2D eigenvalue weighted by Gasteiger charge is 2.29. The summed E-state index contributed by atoms with van der Waals surface area (Å²) in [6.07, 6.45) is 3.54. The lowest BCUT2D eigenvalue weighted by Crippen LogP contribution is -2.28. The minimum Gasteiger partial charge on any atom is -0.484 e. The molecule has 1 fully saturated rings. The molecule has 142 valence electrons. The Morgan fingerprint density at radius 2 is 2.04 bits per heavy atom.